The number of benzene rings is 1. The number of aromatic hydroxyl groups is 1. The lowest BCUT2D eigenvalue weighted by atomic mass is 9.78. The zero-order valence-electron chi connectivity index (χ0n) is 16.1. The van der Waals surface area contributed by atoms with Gasteiger partial charge in [0.05, 0.1) is 6.42 Å². The molecule has 0 heterocycles. The van der Waals surface area contributed by atoms with Crippen molar-refractivity contribution in [3.63, 3.8) is 0 Å². The normalized spacial score (nSPS) is 12.1. The molecule has 25 heavy (non-hydrogen) atoms. The molecule has 0 fully saturated rings. The highest BCUT2D eigenvalue weighted by Crippen LogP contribution is 2.39. The minimum absolute atomic E-state index is 0.107. The molecule has 0 unspecified atom stereocenters. The highest BCUT2D eigenvalue weighted by Gasteiger charge is 2.26. The van der Waals surface area contributed by atoms with Crippen molar-refractivity contribution < 1.29 is 24.5 Å². The molecule has 140 valence electrons. The van der Waals surface area contributed by atoms with Crippen LogP contribution in [0.2, 0.25) is 0 Å². The summed E-state index contributed by atoms with van der Waals surface area (Å²) in [7, 11) is 0. The largest absolute Gasteiger partial charge is 0.507 e. The Bertz CT molecular complexity index is 597. The molecule has 0 spiro atoms. The number of carboxylic acids is 1. The predicted molar refractivity (Wildman–Crippen MR) is 97.0 cm³/mol. The molecule has 0 bridgehead atoms. The second kappa shape index (κ2) is 7.89. The molecule has 5 nitrogen and oxygen atoms in total. The van der Waals surface area contributed by atoms with Crippen LogP contribution in [0.4, 0.5) is 0 Å². The summed E-state index contributed by atoms with van der Waals surface area (Å²) < 4.78 is 4.92. The Balaban J connectivity index is 2.96. The van der Waals surface area contributed by atoms with E-state index in [4.69, 9.17) is 9.84 Å². The quantitative estimate of drug-likeness (QED) is 0.759. The smallest absolute Gasteiger partial charge is 0.306 e. The van der Waals surface area contributed by atoms with Crippen molar-refractivity contribution in [1.29, 1.82) is 0 Å². The summed E-state index contributed by atoms with van der Waals surface area (Å²) in [5, 5.41) is 19.2. The first-order chi connectivity index (χ1) is 11.3. The maximum atomic E-state index is 11.8. The number of esters is 1. The molecule has 0 aliphatic heterocycles. The summed E-state index contributed by atoms with van der Waals surface area (Å²) in [6.07, 6.45) is 0.475. The maximum absolute atomic E-state index is 11.8. The predicted octanol–water partition coefficient (Wildman–Crippen LogP) is 3.94. The van der Waals surface area contributed by atoms with Crippen molar-refractivity contribution in [3.05, 3.63) is 28.8 Å². The van der Waals surface area contributed by atoms with E-state index in [2.05, 4.69) is 0 Å². The average Bonchev–Trinajstić information content (AvgIpc) is 2.43. The third-order valence-electron chi connectivity index (χ3n) is 3.98. The van der Waals surface area contributed by atoms with Crippen molar-refractivity contribution in [2.24, 2.45) is 0 Å². The Morgan fingerprint density at radius 3 is 1.84 bits per heavy atom. The zero-order valence-corrected chi connectivity index (χ0v) is 16.1. The lowest BCUT2D eigenvalue weighted by Crippen LogP contribution is -2.18. The van der Waals surface area contributed by atoms with Gasteiger partial charge in [0.1, 0.15) is 12.4 Å². The highest BCUT2D eigenvalue weighted by atomic mass is 16.5. The van der Waals surface area contributed by atoms with Gasteiger partial charge in [-0.05, 0) is 33.9 Å². The molecule has 0 amide bonds. The maximum Gasteiger partial charge on any atom is 0.306 e. The number of phenolic OH excluding ortho intramolecular Hbond substituents is 1. The highest BCUT2D eigenvalue weighted by molar-refractivity contribution is 5.71. The third kappa shape index (κ3) is 6.40. The van der Waals surface area contributed by atoms with E-state index in [1.165, 1.54) is 0 Å². The van der Waals surface area contributed by atoms with Gasteiger partial charge in [-0.25, -0.2) is 0 Å². The van der Waals surface area contributed by atoms with Gasteiger partial charge in [0, 0.05) is 6.42 Å². The summed E-state index contributed by atoms with van der Waals surface area (Å²) in [5.41, 5.74) is 2.23. The summed E-state index contributed by atoms with van der Waals surface area (Å²) in [5.74, 6) is -1.09. The van der Waals surface area contributed by atoms with E-state index >= 15 is 0 Å². The first kappa shape index (κ1) is 21.0. The minimum atomic E-state index is -0.990. The number of phenols is 1. The van der Waals surface area contributed by atoms with E-state index in [9.17, 15) is 14.7 Å². The van der Waals surface area contributed by atoms with E-state index in [1.54, 1.807) is 0 Å². The molecule has 0 aliphatic carbocycles. The van der Waals surface area contributed by atoms with Crippen LogP contribution in [0.5, 0.6) is 5.75 Å². The van der Waals surface area contributed by atoms with Crippen molar-refractivity contribution in [2.45, 2.75) is 71.6 Å². The Kier molecular flexibility index (Phi) is 6.63. The first-order valence-corrected chi connectivity index (χ1v) is 8.56. The standard InChI is InChI=1S/C20H30O5/c1-19(2,3)14-11-13(12-15(18(14)24)20(4,5)6)7-8-17(23)25-10-9-16(21)22/h11-12,24H,7-10H2,1-6H3,(H,21,22). The average molecular weight is 350 g/mol. The van der Waals surface area contributed by atoms with Crippen LogP contribution in [0.3, 0.4) is 0 Å². The van der Waals surface area contributed by atoms with Gasteiger partial charge in [0.15, 0.2) is 0 Å². The van der Waals surface area contributed by atoms with Crippen molar-refractivity contribution >= 4 is 11.9 Å². The van der Waals surface area contributed by atoms with Gasteiger partial charge in [-0.15, -0.1) is 0 Å². The Morgan fingerprint density at radius 1 is 0.960 bits per heavy atom. The molecule has 1 aromatic rings. The van der Waals surface area contributed by atoms with Crippen molar-refractivity contribution in [2.75, 3.05) is 6.61 Å². The monoisotopic (exact) mass is 350 g/mol. The third-order valence-corrected chi connectivity index (χ3v) is 3.98. The van der Waals surface area contributed by atoms with Gasteiger partial charge in [0.25, 0.3) is 0 Å². The number of aliphatic carboxylic acids is 1. The Hall–Kier alpha value is -2.04. The number of carboxylic acid groups (broad SMARTS) is 1. The molecule has 0 radical (unpaired) electrons. The van der Waals surface area contributed by atoms with Crippen LogP contribution in [-0.4, -0.2) is 28.8 Å². The number of rotatable bonds is 6. The fourth-order valence-corrected chi connectivity index (χ4v) is 2.55. The Labute approximate surface area is 150 Å². The molecule has 0 aliphatic rings. The molecule has 0 atom stereocenters. The number of hydrogen-bond acceptors (Lipinski definition) is 4. The van der Waals surface area contributed by atoms with Crippen molar-refractivity contribution in [1.82, 2.24) is 0 Å². The fraction of sp³-hybridized carbons (Fsp3) is 0.600. The number of ether oxygens (including phenoxy) is 1. The molecular weight excluding hydrogens is 320 g/mol. The second-order valence-corrected chi connectivity index (χ2v) is 8.40. The van der Waals surface area contributed by atoms with Crippen LogP contribution in [0, 0.1) is 0 Å². The van der Waals surface area contributed by atoms with E-state index in [-0.39, 0.29) is 30.3 Å². The van der Waals surface area contributed by atoms with Gasteiger partial charge in [-0.1, -0.05) is 53.7 Å². The van der Waals surface area contributed by atoms with Gasteiger partial charge in [-0.3, -0.25) is 9.59 Å². The van der Waals surface area contributed by atoms with Gasteiger partial charge >= 0.3 is 11.9 Å². The summed E-state index contributed by atoms with van der Waals surface area (Å²) >= 11 is 0. The van der Waals surface area contributed by atoms with E-state index in [0.29, 0.717) is 12.2 Å². The van der Waals surface area contributed by atoms with Crippen LogP contribution >= 0.6 is 0 Å². The lowest BCUT2D eigenvalue weighted by molar-refractivity contribution is -0.146. The van der Waals surface area contributed by atoms with E-state index in [1.807, 2.05) is 53.7 Å². The molecule has 0 aromatic heterocycles. The van der Waals surface area contributed by atoms with Crippen LogP contribution in [0.1, 0.15) is 71.1 Å². The van der Waals surface area contributed by atoms with Crippen LogP contribution in [-0.2, 0) is 31.6 Å². The Morgan fingerprint density at radius 2 is 1.44 bits per heavy atom. The minimum Gasteiger partial charge on any atom is -0.507 e. The summed E-state index contributed by atoms with van der Waals surface area (Å²) in [6.45, 7) is 12.1. The molecule has 0 saturated carbocycles. The summed E-state index contributed by atoms with van der Waals surface area (Å²) in [6, 6.07) is 3.88. The number of hydrogen-bond donors (Lipinski definition) is 2. The number of carbonyl (C=O) groups excluding carboxylic acids is 1. The second-order valence-electron chi connectivity index (χ2n) is 8.40. The van der Waals surface area contributed by atoms with Crippen LogP contribution < -0.4 is 0 Å². The van der Waals surface area contributed by atoms with Gasteiger partial charge < -0.3 is 14.9 Å². The number of carbonyl (C=O) groups is 2. The molecular formula is C20H30O5. The molecule has 0 saturated heterocycles. The fourth-order valence-electron chi connectivity index (χ4n) is 2.55. The SMILES string of the molecule is CC(C)(C)c1cc(CCC(=O)OCCC(=O)O)cc(C(C)(C)C)c1O. The first-order valence-electron chi connectivity index (χ1n) is 8.56. The molecule has 1 aromatic carbocycles. The van der Waals surface area contributed by atoms with Crippen molar-refractivity contribution in [3.8, 4) is 5.75 Å². The van der Waals surface area contributed by atoms with Crippen LogP contribution in [0.15, 0.2) is 12.1 Å². The summed E-state index contributed by atoms with van der Waals surface area (Å²) in [4.78, 5) is 22.2. The molecule has 1 rings (SSSR count). The number of aryl methyl sites for hydroxylation is 1. The van der Waals surface area contributed by atoms with E-state index < -0.39 is 11.9 Å². The molecule has 2 N–H and O–H groups in total. The van der Waals surface area contributed by atoms with E-state index in [0.717, 1.165) is 16.7 Å². The topological polar surface area (TPSA) is 83.8 Å². The zero-order chi connectivity index (χ0) is 19.4. The van der Waals surface area contributed by atoms with Gasteiger partial charge in [0.2, 0.25) is 0 Å². The van der Waals surface area contributed by atoms with Crippen LogP contribution in [0.25, 0.3) is 0 Å². The lowest BCUT2D eigenvalue weighted by Gasteiger charge is -2.28. The molecule has 5 heteroatoms. The van der Waals surface area contributed by atoms with Gasteiger partial charge in [-0.2, -0.15) is 0 Å².